The summed E-state index contributed by atoms with van der Waals surface area (Å²) in [6, 6.07) is 9.56. The smallest absolute Gasteiger partial charge is 0.322 e. The minimum Gasteiger partial charge on any atom is -0.480 e. The predicted octanol–water partition coefficient (Wildman–Crippen LogP) is 1.36. The maximum atomic E-state index is 12.0. The maximum absolute atomic E-state index is 12.0. The van der Waals surface area contributed by atoms with Crippen molar-refractivity contribution in [3.63, 3.8) is 0 Å². The number of carboxylic acids is 1. The second kappa shape index (κ2) is 6.33. The Bertz CT molecular complexity index is 446. The van der Waals surface area contributed by atoms with Gasteiger partial charge < -0.3 is 15.2 Å². The highest BCUT2D eigenvalue weighted by Crippen LogP contribution is 2.33. The molecule has 1 aliphatic rings. The fourth-order valence-electron chi connectivity index (χ4n) is 2.31. The Labute approximate surface area is 111 Å². The van der Waals surface area contributed by atoms with Crippen LogP contribution in [-0.4, -0.2) is 30.1 Å². The molecule has 0 aromatic heterocycles. The Morgan fingerprint density at radius 3 is 2.74 bits per heavy atom. The van der Waals surface area contributed by atoms with Crippen LogP contribution in [-0.2, 0) is 14.3 Å². The molecule has 1 fully saturated rings. The van der Waals surface area contributed by atoms with Crippen molar-refractivity contribution in [3.8, 4) is 0 Å². The average molecular weight is 263 g/mol. The molecule has 2 rings (SSSR count). The molecule has 0 saturated carbocycles. The van der Waals surface area contributed by atoms with Gasteiger partial charge in [0.15, 0.2) is 0 Å². The van der Waals surface area contributed by atoms with E-state index in [1.165, 1.54) is 0 Å². The van der Waals surface area contributed by atoms with E-state index in [1.807, 2.05) is 30.3 Å². The number of benzene rings is 1. The van der Waals surface area contributed by atoms with Gasteiger partial charge in [-0.2, -0.15) is 0 Å². The van der Waals surface area contributed by atoms with Gasteiger partial charge in [0.05, 0.1) is 12.0 Å². The number of carbonyl (C=O) groups is 2. The molecule has 1 amide bonds. The number of rotatable bonds is 4. The standard InChI is InChI=1S/C14H17NO4/c16-12(17)9-15-14(18)11-7-4-8-19-13(11)10-5-2-1-3-6-10/h1-3,5-6,11,13H,4,7-9H2,(H,15,18)(H,16,17)/t11-,13-/m0/s1. The van der Waals surface area contributed by atoms with Crippen molar-refractivity contribution in [1.82, 2.24) is 5.32 Å². The fraction of sp³-hybridized carbons (Fsp3) is 0.429. The number of carbonyl (C=O) groups excluding carboxylic acids is 1. The molecule has 102 valence electrons. The lowest BCUT2D eigenvalue weighted by molar-refractivity contribution is -0.141. The second-order valence-electron chi connectivity index (χ2n) is 4.56. The van der Waals surface area contributed by atoms with Crippen LogP contribution < -0.4 is 5.32 Å². The first kappa shape index (κ1) is 13.5. The quantitative estimate of drug-likeness (QED) is 0.860. The van der Waals surface area contributed by atoms with Gasteiger partial charge in [-0.3, -0.25) is 9.59 Å². The van der Waals surface area contributed by atoms with Gasteiger partial charge in [-0.25, -0.2) is 0 Å². The lowest BCUT2D eigenvalue weighted by Crippen LogP contribution is -2.39. The van der Waals surface area contributed by atoms with E-state index in [-0.39, 0.29) is 24.5 Å². The number of hydrogen-bond acceptors (Lipinski definition) is 3. The molecule has 0 radical (unpaired) electrons. The Kier molecular flexibility index (Phi) is 4.52. The molecule has 0 spiro atoms. The van der Waals surface area contributed by atoms with Crippen LogP contribution in [0.3, 0.4) is 0 Å². The summed E-state index contributed by atoms with van der Waals surface area (Å²) in [5.74, 6) is -1.62. The van der Waals surface area contributed by atoms with Crippen LogP contribution in [0.5, 0.6) is 0 Å². The highest BCUT2D eigenvalue weighted by atomic mass is 16.5. The molecule has 1 heterocycles. The highest BCUT2D eigenvalue weighted by Gasteiger charge is 2.32. The lowest BCUT2D eigenvalue weighted by atomic mass is 9.89. The van der Waals surface area contributed by atoms with E-state index in [1.54, 1.807) is 0 Å². The summed E-state index contributed by atoms with van der Waals surface area (Å²) in [5.41, 5.74) is 0.956. The summed E-state index contributed by atoms with van der Waals surface area (Å²) in [5, 5.41) is 11.0. The minimum absolute atomic E-state index is 0.254. The molecule has 1 aromatic carbocycles. The minimum atomic E-state index is -1.04. The third-order valence-electron chi connectivity index (χ3n) is 3.20. The first-order chi connectivity index (χ1) is 9.18. The SMILES string of the molecule is O=C(O)CNC(=O)[C@H]1CCCO[C@H]1c1ccccc1. The van der Waals surface area contributed by atoms with E-state index >= 15 is 0 Å². The zero-order valence-electron chi connectivity index (χ0n) is 10.5. The molecule has 1 saturated heterocycles. The lowest BCUT2D eigenvalue weighted by Gasteiger charge is -2.31. The number of aliphatic carboxylic acids is 1. The van der Waals surface area contributed by atoms with Gasteiger partial charge in [-0.15, -0.1) is 0 Å². The number of nitrogens with one attached hydrogen (secondary N) is 1. The van der Waals surface area contributed by atoms with Gasteiger partial charge >= 0.3 is 5.97 Å². The van der Waals surface area contributed by atoms with Crippen LogP contribution in [0.25, 0.3) is 0 Å². The van der Waals surface area contributed by atoms with Crippen molar-refractivity contribution in [2.75, 3.05) is 13.2 Å². The Morgan fingerprint density at radius 1 is 1.32 bits per heavy atom. The van der Waals surface area contributed by atoms with Gasteiger partial charge in [0.25, 0.3) is 0 Å². The van der Waals surface area contributed by atoms with Crippen molar-refractivity contribution in [3.05, 3.63) is 35.9 Å². The molecule has 2 atom stereocenters. The predicted molar refractivity (Wildman–Crippen MR) is 68.5 cm³/mol. The molecular formula is C14H17NO4. The molecule has 0 unspecified atom stereocenters. The first-order valence-corrected chi connectivity index (χ1v) is 6.34. The van der Waals surface area contributed by atoms with Crippen LogP contribution >= 0.6 is 0 Å². The van der Waals surface area contributed by atoms with Crippen LogP contribution in [0.15, 0.2) is 30.3 Å². The summed E-state index contributed by atoms with van der Waals surface area (Å²) < 4.78 is 5.70. The van der Waals surface area contributed by atoms with Crippen molar-refractivity contribution < 1.29 is 19.4 Å². The van der Waals surface area contributed by atoms with Gasteiger partial charge in [0.1, 0.15) is 6.54 Å². The van der Waals surface area contributed by atoms with Gasteiger partial charge in [0.2, 0.25) is 5.91 Å². The average Bonchev–Trinajstić information content (AvgIpc) is 2.45. The van der Waals surface area contributed by atoms with E-state index < -0.39 is 5.97 Å². The topological polar surface area (TPSA) is 75.6 Å². The fourth-order valence-corrected chi connectivity index (χ4v) is 2.31. The third-order valence-corrected chi connectivity index (χ3v) is 3.20. The first-order valence-electron chi connectivity index (χ1n) is 6.34. The zero-order chi connectivity index (χ0) is 13.7. The molecule has 5 heteroatoms. The number of carboxylic acid groups (broad SMARTS) is 1. The molecule has 2 N–H and O–H groups in total. The van der Waals surface area contributed by atoms with E-state index in [2.05, 4.69) is 5.32 Å². The number of amides is 1. The van der Waals surface area contributed by atoms with Crippen molar-refractivity contribution in [2.24, 2.45) is 5.92 Å². The molecule has 1 aliphatic heterocycles. The number of ether oxygens (including phenoxy) is 1. The number of hydrogen-bond donors (Lipinski definition) is 2. The maximum Gasteiger partial charge on any atom is 0.322 e. The largest absolute Gasteiger partial charge is 0.480 e. The summed E-state index contributed by atoms with van der Waals surface area (Å²) >= 11 is 0. The molecule has 0 aliphatic carbocycles. The summed E-state index contributed by atoms with van der Waals surface area (Å²) in [6.45, 7) is 0.277. The van der Waals surface area contributed by atoms with E-state index in [0.29, 0.717) is 13.0 Å². The second-order valence-corrected chi connectivity index (χ2v) is 4.56. The summed E-state index contributed by atoms with van der Waals surface area (Å²) in [7, 11) is 0. The molecule has 0 bridgehead atoms. The third kappa shape index (κ3) is 3.54. The summed E-state index contributed by atoms with van der Waals surface area (Å²) in [4.78, 5) is 22.5. The zero-order valence-corrected chi connectivity index (χ0v) is 10.5. The van der Waals surface area contributed by atoms with Crippen molar-refractivity contribution >= 4 is 11.9 Å². The summed E-state index contributed by atoms with van der Waals surface area (Å²) in [6.07, 6.45) is 1.24. The molecule has 19 heavy (non-hydrogen) atoms. The molecular weight excluding hydrogens is 246 g/mol. The van der Waals surface area contributed by atoms with Crippen LogP contribution in [0.2, 0.25) is 0 Å². The van der Waals surface area contributed by atoms with Crippen molar-refractivity contribution in [2.45, 2.75) is 18.9 Å². The van der Waals surface area contributed by atoms with Crippen LogP contribution in [0.4, 0.5) is 0 Å². The highest BCUT2D eigenvalue weighted by molar-refractivity contribution is 5.83. The Balaban J connectivity index is 2.08. The monoisotopic (exact) mass is 263 g/mol. The van der Waals surface area contributed by atoms with Crippen molar-refractivity contribution in [1.29, 1.82) is 0 Å². The van der Waals surface area contributed by atoms with Gasteiger partial charge in [-0.05, 0) is 18.4 Å². The normalized spacial score (nSPS) is 22.7. The Hall–Kier alpha value is -1.88. The van der Waals surface area contributed by atoms with E-state index in [0.717, 1.165) is 12.0 Å². The van der Waals surface area contributed by atoms with Gasteiger partial charge in [-0.1, -0.05) is 30.3 Å². The van der Waals surface area contributed by atoms with Crippen LogP contribution in [0.1, 0.15) is 24.5 Å². The van der Waals surface area contributed by atoms with E-state index in [9.17, 15) is 9.59 Å². The molecule has 1 aromatic rings. The van der Waals surface area contributed by atoms with Crippen LogP contribution in [0, 0.1) is 5.92 Å². The Morgan fingerprint density at radius 2 is 2.05 bits per heavy atom. The van der Waals surface area contributed by atoms with Gasteiger partial charge in [0, 0.05) is 6.61 Å². The van der Waals surface area contributed by atoms with E-state index in [4.69, 9.17) is 9.84 Å². The molecule has 5 nitrogen and oxygen atoms in total.